The minimum absolute atomic E-state index is 0.0264. The molecule has 0 radical (unpaired) electrons. The predicted molar refractivity (Wildman–Crippen MR) is 201 cm³/mol. The molecule has 0 saturated carbocycles. The number of carbonyl (C=O) groups is 1. The lowest BCUT2D eigenvalue weighted by Gasteiger charge is -2.42. The Kier molecular flexibility index (Phi) is 10.9. The number of nitrogens with zero attached hydrogens (tertiary/aromatic N) is 8. The number of piperazine rings is 1. The van der Waals surface area contributed by atoms with Crippen LogP contribution in [-0.2, 0) is 22.9 Å². The third kappa shape index (κ3) is 7.85. The highest BCUT2D eigenvalue weighted by Gasteiger charge is 2.30. The largest absolute Gasteiger partial charge is 0.495 e. The van der Waals surface area contributed by atoms with Gasteiger partial charge in [0.2, 0.25) is 16.0 Å². The van der Waals surface area contributed by atoms with Crippen LogP contribution in [-0.4, -0.2) is 122 Å². The first-order valence-electron chi connectivity index (χ1n) is 17.5. The molecule has 2 aromatic heterocycles. The van der Waals surface area contributed by atoms with E-state index < -0.39 is 10.0 Å². The van der Waals surface area contributed by atoms with Crippen molar-refractivity contribution in [2.75, 3.05) is 81.7 Å². The number of amides is 1. The smallest absolute Gasteiger partial charge is 0.254 e. The number of aryl methyl sites for hydroxylation is 2. The number of likely N-dealkylation sites (N-methyl/N-ethyl adjacent to an activating group) is 1. The summed E-state index contributed by atoms with van der Waals surface area (Å²) in [6.45, 7) is 9.86. The molecule has 272 valence electrons. The van der Waals surface area contributed by atoms with Gasteiger partial charge in [-0.1, -0.05) is 13.8 Å². The third-order valence-corrected chi connectivity index (χ3v) is 11.2. The summed E-state index contributed by atoms with van der Waals surface area (Å²) in [5, 5.41) is 6.66. The van der Waals surface area contributed by atoms with Crippen molar-refractivity contribution in [1.82, 2.24) is 34.6 Å². The van der Waals surface area contributed by atoms with Crippen LogP contribution in [0.3, 0.4) is 0 Å². The Hall–Kier alpha value is -4.60. The van der Waals surface area contributed by atoms with E-state index in [2.05, 4.69) is 42.4 Å². The lowest BCUT2D eigenvalue weighted by atomic mass is 9.98. The Morgan fingerprint density at radius 2 is 1.65 bits per heavy atom. The van der Waals surface area contributed by atoms with Crippen molar-refractivity contribution >= 4 is 55.8 Å². The maximum Gasteiger partial charge on any atom is 0.254 e. The average molecular weight is 717 g/mol. The first-order valence-corrected chi connectivity index (χ1v) is 19.4. The predicted octanol–water partition coefficient (Wildman–Crippen LogP) is 4.29. The van der Waals surface area contributed by atoms with Gasteiger partial charge >= 0.3 is 0 Å². The number of likely N-dealkylation sites (tertiary alicyclic amines) is 1. The maximum atomic E-state index is 13.9. The van der Waals surface area contributed by atoms with Crippen LogP contribution in [0.4, 0.5) is 28.8 Å². The zero-order valence-corrected chi connectivity index (χ0v) is 31.1. The van der Waals surface area contributed by atoms with Gasteiger partial charge in [0.25, 0.3) is 5.91 Å². The normalized spacial score (nSPS) is 16.3. The van der Waals surface area contributed by atoms with Gasteiger partial charge in [-0.15, -0.1) is 0 Å². The second-order valence-corrected chi connectivity index (χ2v) is 15.2. The quantitative estimate of drug-likeness (QED) is 0.228. The van der Waals surface area contributed by atoms with E-state index in [9.17, 15) is 13.2 Å². The van der Waals surface area contributed by atoms with E-state index in [4.69, 9.17) is 9.72 Å². The van der Waals surface area contributed by atoms with Gasteiger partial charge in [-0.3, -0.25) is 24.0 Å². The SMILES string of the molecule is CCc1cc(Nc2ncc(CC)c(Nc3ccc4nccnc4c3N(C)S(C)(=O)=O)n2)c(OC)cc1C(=O)N1CCC(N2CCN(C)CC2)CC1. The molecule has 2 aromatic carbocycles. The Morgan fingerprint density at radius 3 is 2.31 bits per heavy atom. The number of piperidine rings is 1. The molecule has 51 heavy (non-hydrogen) atoms. The van der Waals surface area contributed by atoms with Gasteiger partial charge < -0.3 is 25.2 Å². The average Bonchev–Trinajstić information content (AvgIpc) is 3.14. The molecule has 4 aromatic rings. The molecule has 15 heteroatoms. The van der Waals surface area contributed by atoms with Gasteiger partial charge in [-0.2, -0.15) is 4.98 Å². The van der Waals surface area contributed by atoms with Gasteiger partial charge in [-0.25, -0.2) is 13.4 Å². The monoisotopic (exact) mass is 716 g/mol. The highest BCUT2D eigenvalue weighted by molar-refractivity contribution is 7.92. The van der Waals surface area contributed by atoms with Crippen LogP contribution < -0.4 is 19.7 Å². The third-order valence-electron chi connectivity index (χ3n) is 10.0. The van der Waals surface area contributed by atoms with Crippen molar-refractivity contribution in [3.05, 3.63) is 59.5 Å². The van der Waals surface area contributed by atoms with Crippen LogP contribution >= 0.6 is 0 Å². The summed E-state index contributed by atoms with van der Waals surface area (Å²) in [4.78, 5) is 39.0. The van der Waals surface area contributed by atoms with Gasteiger partial charge in [0.05, 0.1) is 30.3 Å². The summed E-state index contributed by atoms with van der Waals surface area (Å²) in [6, 6.07) is 7.83. The second kappa shape index (κ2) is 15.3. The summed E-state index contributed by atoms with van der Waals surface area (Å²) in [5.74, 6) is 1.34. The highest BCUT2D eigenvalue weighted by Crippen LogP contribution is 2.37. The minimum Gasteiger partial charge on any atom is -0.495 e. The summed E-state index contributed by atoms with van der Waals surface area (Å²) >= 11 is 0. The number of ether oxygens (including phenoxy) is 1. The number of aromatic nitrogens is 4. The zero-order chi connectivity index (χ0) is 36.3. The van der Waals surface area contributed by atoms with Crippen LogP contribution in [0.1, 0.15) is 48.2 Å². The summed E-state index contributed by atoms with van der Waals surface area (Å²) in [5.41, 5.74) is 4.85. The number of nitrogens with one attached hydrogen (secondary N) is 2. The van der Waals surface area contributed by atoms with Crippen molar-refractivity contribution in [3.8, 4) is 5.75 Å². The van der Waals surface area contributed by atoms with Crippen molar-refractivity contribution in [1.29, 1.82) is 0 Å². The van der Waals surface area contributed by atoms with E-state index in [1.165, 1.54) is 17.5 Å². The number of anilines is 5. The van der Waals surface area contributed by atoms with Gasteiger partial charge in [0.1, 0.15) is 22.8 Å². The second-order valence-electron chi connectivity index (χ2n) is 13.2. The molecule has 14 nitrogen and oxygen atoms in total. The number of fused-ring (bicyclic) bond motifs is 1. The van der Waals surface area contributed by atoms with Crippen LogP contribution in [0.2, 0.25) is 0 Å². The molecule has 0 bridgehead atoms. The molecule has 0 spiro atoms. The number of hydrogen-bond donors (Lipinski definition) is 2. The molecule has 6 rings (SSSR count). The van der Waals surface area contributed by atoms with Crippen LogP contribution in [0.25, 0.3) is 11.0 Å². The van der Waals surface area contributed by atoms with Crippen LogP contribution in [0.5, 0.6) is 5.75 Å². The molecule has 0 aliphatic carbocycles. The maximum absolute atomic E-state index is 13.9. The number of benzene rings is 2. The first-order chi connectivity index (χ1) is 24.5. The fourth-order valence-electron chi connectivity index (χ4n) is 6.86. The lowest BCUT2D eigenvalue weighted by Crippen LogP contribution is -2.53. The van der Waals surface area contributed by atoms with Crippen molar-refractivity contribution in [3.63, 3.8) is 0 Å². The Bertz CT molecular complexity index is 1990. The number of sulfonamides is 1. The van der Waals surface area contributed by atoms with E-state index >= 15 is 0 Å². The Balaban J connectivity index is 1.24. The molecule has 2 fully saturated rings. The first kappa shape index (κ1) is 36.2. The van der Waals surface area contributed by atoms with Gasteiger partial charge in [0, 0.05) is 82.1 Å². The van der Waals surface area contributed by atoms with Crippen molar-refractivity contribution < 1.29 is 17.9 Å². The summed E-state index contributed by atoms with van der Waals surface area (Å²) in [7, 11) is 1.61. The van der Waals surface area contributed by atoms with Crippen LogP contribution in [0, 0.1) is 0 Å². The molecular weight excluding hydrogens is 669 g/mol. The van der Waals surface area contributed by atoms with Gasteiger partial charge in [-0.05, 0) is 62.6 Å². The lowest BCUT2D eigenvalue weighted by molar-refractivity contribution is 0.0518. The molecule has 2 N–H and O–H groups in total. The highest BCUT2D eigenvalue weighted by atomic mass is 32.2. The molecule has 0 unspecified atom stereocenters. The molecule has 4 heterocycles. The fourth-order valence-corrected chi connectivity index (χ4v) is 7.38. The van der Waals surface area contributed by atoms with E-state index in [-0.39, 0.29) is 5.91 Å². The molecule has 0 atom stereocenters. The number of rotatable bonds is 11. The number of methoxy groups -OCH3 is 1. The fraction of sp³-hybridized carbons (Fsp3) is 0.472. The number of carbonyl (C=O) groups excluding carboxylic acids is 1. The van der Waals surface area contributed by atoms with Gasteiger partial charge in [0.15, 0.2) is 0 Å². The summed E-state index contributed by atoms with van der Waals surface area (Å²) in [6.07, 6.45) is 9.21. The molecule has 2 aliphatic heterocycles. The standard InChI is InChI=1S/C36H48N10O4S/c1-7-24-21-30(31(50-5)22-27(24)35(47)46-15-11-26(12-16-46)45-19-17-43(3)18-20-45)41-36-39-23-25(8-2)34(42-36)40-29-10-9-28-32(38-14-13-37-28)33(29)44(4)51(6,48)49/h9-10,13-14,21-23,26H,7-8,11-12,15-20H2,1-6H3,(H2,39,40,41,42). The van der Waals surface area contributed by atoms with E-state index in [0.29, 0.717) is 70.1 Å². The Labute approximate surface area is 300 Å². The van der Waals surface area contributed by atoms with E-state index in [1.807, 2.05) is 30.9 Å². The van der Waals surface area contributed by atoms with E-state index in [0.717, 1.165) is 69.5 Å². The molecule has 2 saturated heterocycles. The molecular formula is C36H48N10O4S. The number of hydrogen-bond acceptors (Lipinski definition) is 12. The Morgan fingerprint density at radius 1 is 0.941 bits per heavy atom. The minimum atomic E-state index is -3.63. The van der Waals surface area contributed by atoms with E-state index in [1.54, 1.807) is 31.6 Å². The van der Waals surface area contributed by atoms with Crippen molar-refractivity contribution in [2.24, 2.45) is 0 Å². The molecule has 1 amide bonds. The van der Waals surface area contributed by atoms with Crippen molar-refractivity contribution in [2.45, 2.75) is 45.6 Å². The summed E-state index contributed by atoms with van der Waals surface area (Å²) < 4.78 is 32.4. The zero-order valence-electron chi connectivity index (χ0n) is 30.3. The topological polar surface area (TPSA) is 149 Å². The van der Waals surface area contributed by atoms with Crippen LogP contribution in [0.15, 0.2) is 42.9 Å². The molecule has 2 aliphatic rings.